The molecular formula is C16H25N3O2. The third-order valence-electron chi connectivity index (χ3n) is 3.14. The topological polar surface area (TPSA) is 84.2 Å². The summed E-state index contributed by atoms with van der Waals surface area (Å²) in [6, 6.07) is 6.42. The highest BCUT2D eigenvalue weighted by Crippen LogP contribution is 2.20. The van der Waals surface area contributed by atoms with E-state index in [0.29, 0.717) is 11.4 Å². The summed E-state index contributed by atoms with van der Waals surface area (Å²) >= 11 is 0. The number of amides is 2. The van der Waals surface area contributed by atoms with E-state index >= 15 is 0 Å². The maximum absolute atomic E-state index is 12.1. The molecule has 0 aliphatic heterocycles. The summed E-state index contributed by atoms with van der Waals surface area (Å²) in [6.45, 7) is 9.39. The summed E-state index contributed by atoms with van der Waals surface area (Å²) in [5.41, 5.74) is 6.87. The van der Waals surface area contributed by atoms with Gasteiger partial charge in [0, 0.05) is 17.3 Å². The largest absolute Gasteiger partial charge is 0.326 e. The van der Waals surface area contributed by atoms with E-state index in [1.54, 1.807) is 24.3 Å². The zero-order valence-corrected chi connectivity index (χ0v) is 13.4. The van der Waals surface area contributed by atoms with Gasteiger partial charge in [-0.2, -0.15) is 0 Å². The zero-order chi connectivity index (χ0) is 16.2. The summed E-state index contributed by atoms with van der Waals surface area (Å²) in [4.78, 5) is 23.7. The summed E-state index contributed by atoms with van der Waals surface area (Å²) in [7, 11) is 0. The highest BCUT2D eigenvalue weighted by molar-refractivity contribution is 5.97. The van der Waals surface area contributed by atoms with Crippen molar-refractivity contribution in [1.29, 1.82) is 0 Å². The van der Waals surface area contributed by atoms with Gasteiger partial charge in [-0.05, 0) is 23.6 Å². The number of carbonyl (C=O) groups excluding carboxylic acids is 2. The Morgan fingerprint density at radius 2 is 1.52 bits per heavy atom. The van der Waals surface area contributed by atoms with Crippen molar-refractivity contribution < 1.29 is 9.59 Å². The molecule has 0 bridgehead atoms. The smallest absolute Gasteiger partial charge is 0.241 e. The fourth-order valence-corrected chi connectivity index (χ4v) is 1.57. The molecule has 0 fully saturated rings. The Hall–Kier alpha value is -1.88. The fourth-order valence-electron chi connectivity index (χ4n) is 1.57. The van der Waals surface area contributed by atoms with E-state index in [1.807, 2.05) is 34.6 Å². The van der Waals surface area contributed by atoms with Gasteiger partial charge in [0.05, 0.1) is 6.04 Å². The summed E-state index contributed by atoms with van der Waals surface area (Å²) in [5.74, 6) is -0.405. The van der Waals surface area contributed by atoms with Crippen LogP contribution in [0.2, 0.25) is 0 Å². The van der Waals surface area contributed by atoms with Crippen LogP contribution in [0.3, 0.4) is 0 Å². The van der Waals surface area contributed by atoms with E-state index in [1.165, 1.54) is 0 Å². The van der Waals surface area contributed by atoms with E-state index < -0.39 is 6.04 Å². The molecule has 1 aromatic rings. The Bertz CT molecular complexity index is 518. The van der Waals surface area contributed by atoms with Crippen molar-refractivity contribution >= 4 is 23.2 Å². The summed E-state index contributed by atoms with van der Waals surface area (Å²) in [5, 5.41) is 5.57. The number of rotatable bonds is 4. The molecule has 5 nitrogen and oxygen atoms in total. The van der Waals surface area contributed by atoms with Crippen molar-refractivity contribution in [2.75, 3.05) is 10.6 Å². The minimum atomic E-state index is -0.605. The molecule has 1 aromatic carbocycles. The van der Waals surface area contributed by atoms with Crippen molar-refractivity contribution in [3.05, 3.63) is 24.3 Å². The van der Waals surface area contributed by atoms with Crippen molar-refractivity contribution in [2.24, 2.45) is 17.1 Å². The maximum Gasteiger partial charge on any atom is 0.241 e. The van der Waals surface area contributed by atoms with E-state index in [2.05, 4.69) is 10.6 Å². The minimum Gasteiger partial charge on any atom is -0.326 e. The molecule has 0 aliphatic carbocycles. The molecule has 0 saturated heterocycles. The monoisotopic (exact) mass is 291 g/mol. The van der Waals surface area contributed by atoms with Crippen LogP contribution >= 0.6 is 0 Å². The van der Waals surface area contributed by atoms with Gasteiger partial charge in [-0.1, -0.05) is 40.7 Å². The average Bonchev–Trinajstić information content (AvgIpc) is 2.36. The van der Waals surface area contributed by atoms with E-state index in [4.69, 9.17) is 5.73 Å². The van der Waals surface area contributed by atoms with Crippen LogP contribution < -0.4 is 16.4 Å². The lowest BCUT2D eigenvalue weighted by atomic mass is 9.87. The zero-order valence-electron chi connectivity index (χ0n) is 13.4. The molecule has 1 rings (SSSR count). The number of anilines is 2. The average molecular weight is 291 g/mol. The predicted octanol–water partition coefficient (Wildman–Crippen LogP) is 2.59. The molecule has 0 aliphatic rings. The van der Waals surface area contributed by atoms with E-state index in [9.17, 15) is 9.59 Å². The third-order valence-corrected chi connectivity index (χ3v) is 3.14. The van der Waals surface area contributed by atoms with Crippen LogP contribution in [0, 0.1) is 11.3 Å². The molecule has 4 N–H and O–H groups in total. The molecule has 0 radical (unpaired) electrons. The normalized spacial score (nSPS) is 12.9. The van der Waals surface area contributed by atoms with Gasteiger partial charge in [-0.3, -0.25) is 9.59 Å². The molecule has 0 spiro atoms. The van der Waals surface area contributed by atoms with Crippen LogP contribution in [0.15, 0.2) is 24.3 Å². The highest BCUT2D eigenvalue weighted by atomic mass is 16.2. The SMILES string of the molecule is CC(C)C(=O)Nc1cccc(NC(=O)C(N)C(C)(C)C)c1. The van der Waals surface area contributed by atoms with Crippen LogP contribution in [-0.2, 0) is 9.59 Å². The van der Waals surface area contributed by atoms with Gasteiger partial charge in [0.25, 0.3) is 0 Å². The summed E-state index contributed by atoms with van der Waals surface area (Å²) in [6.07, 6.45) is 0. The van der Waals surface area contributed by atoms with E-state index in [0.717, 1.165) is 0 Å². The van der Waals surface area contributed by atoms with Gasteiger partial charge in [-0.15, -0.1) is 0 Å². The number of benzene rings is 1. The molecule has 21 heavy (non-hydrogen) atoms. The van der Waals surface area contributed by atoms with Gasteiger partial charge < -0.3 is 16.4 Å². The standard InChI is InChI=1S/C16H25N3O2/c1-10(2)14(20)18-11-7-6-8-12(9-11)19-15(21)13(17)16(3,4)5/h6-10,13H,17H2,1-5H3,(H,18,20)(H,19,21). The van der Waals surface area contributed by atoms with Gasteiger partial charge in [-0.25, -0.2) is 0 Å². The molecule has 0 aromatic heterocycles. The first kappa shape index (κ1) is 17.2. The predicted molar refractivity (Wildman–Crippen MR) is 86.0 cm³/mol. The summed E-state index contributed by atoms with van der Waals surface area (Å²) < 4.78 is 0. The van der Waals surface area contributed by atoms with Gasteiger partial charge in [0.1, 0.15) is 0 Å². The number of hydrogen-bond acceptors (Lipinski definition) is 3. The first-order valence-corrected chi connectivity index (χ1v) is 7.08. The number of hydrogen-bond donors (Lipinski definition) is 3. The second kappa shape index (κ2) is 6.72. The maximum atomic E-state index is 12.1. The molecule has 116 valence electrons. The molecule has 1 atom stereocenters. The lowest BCUT2D eigenvalue weighted by Crippen LogP contribution is -2.45. The lowest BCUT2D eigenvalue weighted by Gasteiger charge is -2.25. The van der Waals surface area contributed by atoms with Gasteiger partial charge >= 0.3 is 0 Å². The fraction of sp³-hybridized carbons (Fsp3) is 0.500. The van der Waals surface area contributed by atoms with Crippen molar-refractivity contribution in [1.82, 2.24) is 0 Å². The quantitative estimate of drug-likeness (QED) is 0.797. The molecule has 1 unspecified atom stereocenters. The van der Waals surface area contributed by atoms with Crippen LogP contribution in [-0.4, -0.2) is 17.9 Å². The van der Waals surface area contributed by atoms with E-state index in [-0.39, 0.29) is 23.1 Å². The molecule has 0 heterocycles. The van der Waals surface area contributed by atoms with Crippen LogP contribution in [0.1, 0.15) is 34.6 Å². The molecule has 0 saturated carbocycles. The van der Waals surface area contributed by atoms with Crippen molar-refractivity contribution in [3.63, 3.8) is 0 Å². The number of carbonyl (C=O) groups is 2. The van der Waals surface area contributed by atoms with Crippen LogP contribution in [0.4, 0.5) is 11.4 Å². The van der Waals surface area contributed by atoms with Crippen molar-refractivity contribution in [2.45, 2.75) is 40.7 Å². The Morgan fingerprint density at radius 3 is 1.95 bits per heavy atom. The van der Waals surface area contributed by atoms with Gasteiger partial charge in [0.15, 0.2) is 0 Å². The van der Waals surface area contributed by atoms with Crippen molar-refractivity contribution in [3.8, 4) is 0 Å². The Kier molecular flexibility index (Phi) is 5.49. The van der Waals surface area contributed by atoms with Gasteiger partial charge in [0.2, 0.25) is 11.8 Å². The highest BCUT2D eigenvalue weighted by Gasteiger charge is 2.27. The molecular weight excluding hydrogens is 266 g/mol. The van der Waals surface area contributed by atoms with Crippen LogP contribution in [0.25, 0.3) is 0 Å². The number of nitrogens with two attached hydrogens (primary N) is 1. The lowest BCUT2D eigenvalue weighted by molar-refractivity contribution is -0.119. The number of nitrogens with one attached hydrogen (secondary N) is 2. The second-order valence-corrected chi connectivity index (χ2v) is 6.56. The first-order chi connectivity index (χ1) is 9.61. The first-order valence-electron chi connectivity index (χ1n) is 7.08. The third kappa shape index (κ3) is 5.19. The minimum absolute atomic E-state index is 0.0649. The molecule has 2 amide bonds. The van der Waals surface area contributed by atoms with Crippen LogP contribution in [0.5, 0.6) is 0 Å². The Balaban J connectivity index is 2.77. The Morgan fingerprint density at radius 1 is 1.05 bits per heavy atom. The Labute approximate surface area is 126 Å². The molecule has 5 heteroatoms. The second-order valence-electron chi connectivity index (χ2n) is 6.56.